The second kappa shape index (κ2) is 7.41. The van der Waals surface area contributed by atoms with E-state index in [9.17, 15) is 4.79 Å². The third-order valence-electron chi connectivity index (χ3n) is 4.47. The van der Waals surface area contributed by atoms with Gasteiger partial charge in [-0.3, -0.25) is 4.79 Å². The Morgan fingerprint density at radius 1 is 0.929 bits per heavy atom. The summed E-state index contributed by atoms with van der Waals surface area (Å²) in [5.74, 6) is 1.42. The summed E-state index contributed by atoms with van der Waals surface area (Å²) >= 11 is 6.04. The number of rotatable bonds is 4. The standard InChI is InChI=1S/C23H18ClNO3/c1-14-3-8-18(9-4-14)27-19-10-6-17(7-11-19)25-23(26)22-15(2)20-13-16(24)5-12-21(20)28-22/h3-13H,1-2H3,(H,25,26). The topological polar surface area (TPSA) is 51.5 Å². The third-order valence-corrected chi connectivity index (χ3v) is 4.71. The van der Waals surface area contributed by atoms with Gasteiger partial charge in [0.25, 0.3) is 5.91 Å². The highest BCUT2D eigenvalue weighted by Crippen LogP contribution is 2.29. The van der Waals surface area contributed by atoms with E-state index in [0.29, 0.717) is 22.0 Å². The number of fused-ring (bicyclic) bond motifs is 1. The molecule has 4 nitrogen and oxygen atoms in total. The monoisotopic (exact) mass is 391 g/mol. The highest BCUT2D eigenvalue weighted by molar-refractivity contribution is 6.31. The summed E-state index contributed by atoms with van der Waals surface area (Å²) < 4.78 is 11.5. The maximum atomic E-state index is 12.6. The van der Waals surface area contributed by atoms with Crippen LogP contribution in [-0.4, -0.2) is 5.91 Å². The number of halogens is 1. The Kier molecular flexibility index (Phi) is 4.80. The summed E-state index contributed by atoms with van der Waals surface area (Å²) in [6, 6.07) is 20.3. The molecule has 0 spiro atoms. The Morgan fingerprint density at radius 2 is 1.57 bits per heavy atom. The van der Waals surface area contributed by atoms with Crippen molar-refractivity contribution in [3.63, 3.8) is 0 Å². The van der Waals surface area contributed by atoms with Crippen molar-refractivity contribution >= 4 is 34.2 Å². The molecule has 0 saturated heterocycles. The number of carbonyl (C=O) groups excluding carboxylic acids is 1. The quantitative estimate of drug-likeness (QED) is 0.418. The van der Waals surface area contributed by atoms with Gasteiger partial charge in [0.2, 0.25) is 0 Å². The van der Waals surface area contributed by atoms with Gasteiger partial charge >= 0.3 is 0 Å². The molecule has 0 bridgehead atoms. The summed E-state index contributed by atoms with van der Waals surface area (Å²) in [6.45, 7) is 3.87. The summed E-state index contributed by atoms with van der Waals surface area (Å²) in [5, 5.41) is 4.29. The molecule has 0 fully saturated rings. The SMILES string of the molecule is Cc1ccc(Oc2ccc(NC(=O)c3oc4ccc(Cl)cc4c3C)cc2)cc1. The number of aryl methyl sites for hydroxylation is 2. The predicted octanol–water partition coefficient (Wildman–Crippen LogP) is 6.75. The van der Waals surface area contributed by atoms with E-state index in [1.165, 1.54) is 5.56 Å². The lowest BCUT2D eigenvalue weighted by atomic mass is 10.1. The van der Waals surface area contributed by atoms with Crippen LogP contribution in [0.15, 0.2) is 71.1 Å². The molecule has 1 heterocycles. The van der Waals surface area contributed by atoms with Gasteiger partial charge in [0.1, 0.15) is 17.1 Å². The van der Waals surface area contributed by atoms with Crippen molar-refractivity contribution in [2.24, 2.45) is 0 Å². The van der Waals surface area contributed by atoms with Crippen LogP contribution in [0.25, 0.3) is 11.0 Å². The van der Waals surface area contributed by atoms with Gasteiger partial charge in [0.05, 0.1) is 0 Å². The van der Waals surface area contributed by atoms with Gasteiger partial charge in [0, 0.05) is 21.7 Å². The molecule has 28 heavy (non-hydrogen) atoms. The minimum atomic E-state index is -0.308. The molecule has 1 N–H and O–H groups in total. The average molecular weight is 392 g/mol. The van der Waals surface area contributed by atoms with Gasteiger partial charge in [-0.2, -0.15) is 0 Å². The van der Waals surface area contributed by atoms with E-state index in [1.807, 2.05) is 38.1 Å². The van der Waals surface area contributed by atoms with Crippen LogP contribution in [0.3, 0.4) is 0 Å². The Hall–Kier alpha value is -3.24. The number of hydrogen-bond donors (Lipinski definition) is 1. The summed E-state index contributed by atoms with van der Waals surface area (Å²) in [6.07, 6.45) is 0. The van der Waals surface area contributed by atoms with Gasteiger partial charge in [-0.1, -0.05) is 29.3 Å². The second-order valence-corrected chi connectivity index (χ2v) is 7.03. The van der Waals surface area contributed by atoms with E-state index < -0.39 is 0 Å². The Bertz CT molecular complexity index is 1150. The predicted molar refractivity (Wildman–Crippen MR) is 112 cm³/mol. The molecule has 0 aliphatic rings. The van der Waals surface area contributed by atoms with Gasteiger partial charge in [-0.25, -0.2) is 0 Å². The van der Waals surface area contributed by atoms with E-state index in [4.69, 9.17) is 20.8 Å². The number of amides is 1. The molecule has 0 saturated carbocycles. The van der Waals surface area contributed by atoms with Crippen LogP contribution in [0.4, 0.5) is 5.69 Å². The first-order chi connectivity index (χ1) is 13.5. The Morgan fingerprint density at radius 3 is 2.25 bits per heavy atom. The number of nitrogens with one attached hydrogen (secondary N) is 1. The first kappa shape index (κ1) is 18.1. The highest BCUT2D eigenvalue weighted by atomic mass is 35.5. The molecule has 140 valence electrons. The minimum Gasteiger partial charge on any atom is -0.457 e. The number of hydrogen-bond acceptors (Lipinski definition) is 3. The molecule has 0 unspecified atom stereocenters. The molecule has 1 amide bonds. The van der Waals surface area contributed by atoms with Crippen molar-refractivity contribution in [2.75, 3.05) is 5.32 Å². The maximum absolute atomic E-state index is 12.6. The molecule has 5 heteroatoms. The molecule has 0 aliphatic carbocycles. The summed E-state index contributed by atoms with van der Waals surface area (Å²) in [4.78, 5) is 12.6. The first-order valence-electron chi connectivity index (χ1n) is 8.84. The number of benzene rings is 3. The minimum absolute atomic E-state index is 0.275. The molecule has 0 radical (unpaired) electrons. The molecule has 4 aromatic rings. The number of anilines is 1. The van der Waals surface area contributed by atoms with Crippen molar-refractivity contribution in [3.8, 4) is 11.5 Å². The van der Waals surface area contributed by atoms with E-state index in [2.05, 4.69) is 5.32 Å². The summed E-state index contributed by atoms with van der Waals surface area (Å²) in [7, 11) is 0. The molecular weight excluding hydrogens is 374 g/mol. The van der Waals surface area contributed by atoms with Crippen molar-refractivity contribution in [1.82, 2.24) is 0 Å². The van der Waals surface area contributed by atoms with Crippen LogP contribution in [0.5, 0.6) is 11.5 Å². The van der Waals surface area contributed by atoms with Crippen molar-refractivity contribution < 1.29 is 13.9 Å². The number of ether oxygens (including phenoxy) is 1. The molecule has 0 aliphatic heterocycles. The fraction of sp³-hybridized carbons (Fsp3) is 0.0870. The highest BCUT2D eigenvalue weighted by Gasteiger charge is 2.18. The second-order valence-electron chi connectivity index (χ2n) is 6.59. The zero-order valence-electron chi connectivity index (χ0n) is 15.5. The molecule has 1 aromatic heterocycles. The van der Waals surface area contributed by atoms with Crippen LogP contribution in [-0.2, 0) is 0 Å². The lowest BCUT2D eigenvalue weighted by Gasteiger charge is -2.08. The van der Waals surface area contributed by atoms with Crippen molar-refractivity contribution in [3.05, 3.63) is 88.6 Å². The van der Waals surface area contributed by atoms with E-state index in [0.717, 1.165) is 16.7 Å². The summed E-state index contributed by atoms with van der Waals surface area (Å²) in [5.41, 5.74) is 3.22. The van der Waals surface area contributed by atoms with Crippen LogP contribution in [0, 0.1) is 13.8 Å². The van der Waals surface area contributed by atoms with Crippen LogP contribution < -0.4 is 10.1 Å². The van der Waals surface area contributed by atoms with E-state index in [1.54, 1.807) is 42.5 Å². The van der Waals surface area contributed by atoms with Gasteiger partial charge in [0.15, 0.2) is 5.76 Å². The molecule has 4 rings (SSSR count). The normalized spacial score (nSPS) is 10.8. The van der Waals surface area contributed by atoms with Gasteiger partial charge in [-0.15, -0.1) is 0 Å². The Labute approximate surface area is 167 Å². The van der Waals surface area contributed by atoms with Crippen LogP contribution >= 0.6 is 11.6 Å². The number of furan rings is 1. The average Bonchev–Trinajstić information content (AvgIpc) is 3.01. The first-order valence-corrected chi connectivity index (χ1v) is 9.22. The Balaban J connectivity index is 1.49. The molecular formula is C23H18ClNO3. The fourth-order valence-corrected chi connectivity index (χ4v) is 3.12. The van der Waals surface area contributed by atoms with E-state index in [-0.39, 0.29) is 11.7 Å². The molecule has 0 atom stereocenters. The van der Waals surface area contributed by atoms with Crippen molar-refractivity contribution in [1.29, 1.82) is 0 Å². The van der Waals surface area contributed by atoms with Crippen molar-refractivity contribution in [2.45, 2.75) is 13.8 Å². The van der Waals surface area contributed by atoms with E-state index >= 15 is 0 Å². The smallest absolute Gasteiger partial charge is 0.291 e. The fourth-order valence-electron chi connectivity index (χ4n) is 2.95. The molecule has 3 aromatic carbocycles. The van der Waals surface area contributed by atoms with Crippen LogP contribution in [0.1, 0.15) is 21.7 Å². The largest absolute Gasteiger partial charge is 0.457 e. The lowest BCUT2D eigenvalue weighted by molar-refractivity contribution is 0.0998. The number of carbonyl (C=O) groups is 1. The van der Waals surface area contributed by atoms with Gasteiger partial charge < -0.3 is 14.5 Å². The third kappa shape index (κ3) is 3.73. The zero-order chi connectivity index (χ0) is 19.7. The zero-order valence-corrected chi connectivity index (χ0v) is 16.2. The van der Waals surface area contributed by atoms with Crippen LogP contribution in [0.2, 0.25) is 5.02 Å². The lowest BCUT2D eigenvalue weighted by Crippen LogP contribution is -2.11. The maximum Gasteiger partial charge on any atom is 0.291 e. The van der Waals surface area contributed by atoms with Gasteiger partial charge in [-0.05, 0) is 68.4 Å².